The summed E-state index contributed by atoms with van der Waals surface area (Å²) >= 11 is 0. The Labute approximate surface area is 96.8 Å². The number of hydrogen-bond acceptors (Lipinski definition) is 3. The van der Waals surface area contributed by atoms with Gasteiger partial charge < -0.3 is 10.5 Å². The molecule has 2 atom stereocenters. The normalized spacial score (nSPS) is 26.9. The SMILES string of the molecule is COc1c(C2C(CN)C2(C)C)c(C)nn1C. The first-order valence-corrected chi connectivity index (χ1v) is 5.72. The molecule has 0 radical (unpaired) electrons. The molecule has 1 aliphatic rings. The lowest BCUT2D eigenvalue weighted by atomic mass is 10.0. The van der Waals surface area contributed by atoms with E-state index in [-0.39, 0.29) is 5.41 Å². The van der Waals surface area contributed by atoms with Crippen LogP contribution in [0.4, 0.5) is 0 Å². The lowest BCUT2D eigenvalue weighted by Gasteiger charge is -2.06. The Kier molecular flexibility index (Phi) is 2.49. The third kappa shape index (κ3) is 1.36. The van der Waals surface area contributed by atoms with E-state index in [2.05, 4.69) is 18.9 Å². The number of nitrogens with zero attached hydrogens (tertiary/aromatic N) is 2. The highest BCUT2D eigenvalue weighted by molar-refractivity contribution is 5.42. The maximum atomic E-state index is 5.82. The van der Waals surface area contributed by atoms with Crippen molar-refractivity contribution in [2.45, 2.75) is 26.7 Å². The summed E-state index contributed by atoms with van der Waals surface area (Å²) in [7, 11) is 3.62. The molecular weight excluding hydrogens is 202 g/mol. The first kappa shape index (κ1) is 11.5. The van der Waals surface area contributed by atoms with Gasteiger partial charge in [-0.2, -0.15) is 5.10 Å². The van der Waals surface area contributed by atoms with Crippen molar-refractivity contribution in [3.63, 3.8) is 0 Å². The zero-order valence-corrected chi connectivity index (χ0v) is 10.7. The highest BCUT2D eigenvalue weighted by atomic mass is 16.5. The van der Waals surface area contributed by atoms with E-state index in [1.807, 2.05) is 18.7 Å². The van der Waals surface area contributed by atoms with Gasteiger partial charge in [-0.05, 0) is 24.8 Å². The van der Waals surface area contributed by atoms with Crippen molar-refractivity contribution < 1.29 is 4.74 Å². The van der Waals surface area contributed by atoms with Crippen molar-refractivity contribution in [1.82, 2.24) is 9.78 Å². The summed E-state index contributed by atoms with van der Waals surface area (Å²) in [6.07, 6.45) is 0. The van der Waals surface area contributed by atoms with Crippen molar-refractivity contribution in [2.75, 3.05) is 13.7 Å². The monoisotopic (exact) mass is 223 g/mol. The van der Waals surface area contributed by atoms with Gasteiger partial charge in [0.05, 0.1) is 12.8 Å². The predicted molar refractivity (Wildman–Crippen MR) is 63.6 cm³/mol. The fraction of sp³-hybridized carbons (Fsp3) is 0.750. The Bertz CT molecular complexity index is 409. The molecule has 0 bridgehead atoms. The van der Waals surface area contributed by atoms with Crippen molar-refractivity contribution in [3.05, 3.63) is 11.3 Å². The fourth-order valence-corrected chi connectivity index (χ4v) is 3.01. The molecule has 0 spiro atoms. The summed E-state index contributed by atoms with van der Waals surface area (Å²) in [6, 6.07) is 0. The zero-order valence-electron chi connectivity index (χ0n) is 10.7. The van der Waals surface area contributed by atoms with E-state index in [0.717, 1.165) is 18.1 Å². The number of aryl methyl sites for hydroxylation is 2. The standard InChI is InChI=1S/C12H21N3O/c1-7-9(11(16-5)15(4)14-7)10-8(6-13)12(10,2)3/h8,10H,6,13H2,1-5H3. The second-order valence-corrected chi connectivity index (χ2v) is 5.27. The Morgan fingerprint density at radius 2 is 2.12 bits per heavy atom. The number of ether oxygens (including phenoxy) is 1. The maximum absolute atomic E-state index is 5.82. The first-order valence-electron chi connectivity index (χ1n) is 5.72. The maximum Gasteiger partial charge on any atom is 0.215 e. The molecule has 1 aliphatic carbocycles. The summed E-state index contributed by atoms with van der Waals surface area (Å²) in [6.45, 7) is 7.30. The van der Waals surface area contributed by atoms with Crippen molar-refractivity contribution in [2.24, 2.45) is 24.1 Å². The lowest BCUT2D eigenvalue weighted by molar-refractivity contribution is 0.368. The third-order valence-electron chi connectivity index (χ3n) is 4.02. The van der Waals surface area contributed by atoms with Gasteiger partial charge in [-0.3, -0.25) is 0 Å². The van der Waals surface area contributed by atoms with Crippen LogP contribution in [0.15, 0.2) is 0 Å². The van der Waals surface area contributed by atoms with Gasteiger partial charge in [-0.25, -0.2) is 4.68 Å². The molecule has 0 amide bonds. The minimum absolute atomic E-state index is 0.274. The van der Waals surface area contributed by atoms with Gasteiger partial charge in [0, 0.05) is 18.5 Å². The molecule has 16 heavy (non-hydrogen) atoms. The molecule has 2 rings (SSSR count). The quantitative estimate of drug-likeness (QED) is 0.843. The summed E-state index contributed by atoms with van der Waals surface area (Å²) in [5, 5.41) is 4.43. The Hall–Kier alpha value is -1.03. The topological polar surface area (TPSA) is 53.1 Å². The molecule has 4 nitrogen and oxygen atoms in total. The largest absolute Gasteiger partial charge is 0.481 e. The Balaban J connectivity index is 2.42. The number of aromatic nitrogens is 2. The van der Waals surface area contributed by atoms with E-state index in [4.69, 9.17) is 10.5 Å². The number of rotatable bonds is 3. The highest BCUT2D eigenvalue weighted by Crippen LogP contribution is 2.65. The van der Waals surface area contributed by atoms with Gasteiger partial charge in [0.15, 0.2) is 0 Å². The van der Waals surface area contributed by atoms with E-state index in [0.29, 0.717) is 11.8 Å². The number of nitrogens with two attached hydrogens (primary N) is 1. The molecule has 90 valence electrons. The van der Waals surface area contributed by atoms with Gasteiger partial charge in [-0.15, -0.1) is 0 Å². The predicted octanol–water partition coefficient (Wildman–Crippen LogP) is 1.44. The van der Waals surface area contributed by atoms with Crippen LogP contribution < -0.4 is 10.5 Å². The van der Waals surface area contributed by atoms with Crippen LogP contribution in [0.5, 0.6) is 5.88 Å². The highest BCUT2D eigenvalue weighted by Gasteiger charge is 2.59. The summed E-state index contributed by atoms with van der Waals surface area (Å²) < 4.78 is 7.26. The molecule has 1 aromatic rings. The van der Waals surface area contributed by atoms with Crippen molar-refractivity contribution in [3.8, 4) is 5.88 Å². The van der Waals surface area contributed by atoms with E-state index in [1.165, 1.54) is 5.56 Å². The van der Waals surface area contributed by atoms with E-state index in [1.54, 1.807) is 7.11 Å². The van der Waals surface area contributed by atoms with Crippen LogP contribution in [0, 0.1) is 18.3 Å². The average Bonchev–Trinajstić information content (AvgIpc) is 2.61. The van der Waals surface area contributed by atoms with Crippen LogP contribution >= 0.6 is 0 Å². The molecule has 0 saturated heterocycles. The summed E-state index contributed by atoms with van der Waals surface area (Å²) in [5.41, 5.74) is 8.40. The van der Waals surface area contributed by atoms with Crippen molar-refractivity contribution >= 4 is 0 Å². The van der Waals surface area contributed by atoms with Gasteiger partial charge in [0.25, 0.3) is 0 Å². The molecule has 1 aromatic heterocycles. The molecule has 4 heteroatoms. The second-order valence-electron chi connectivity index (χ2n) is 5.27. The van der Waals surface area contributed by atoms with Crippen LogP contribution in [-0.4, -0.2) is 23.4 Å². The lowest BCUT2D eigenvalue weighted by Crippen LogP contribution is -2.05. The van der Waals surface area contributed by atoms with E-state index in [9.17, 15) is 0 Å². The molecule has 2 unspecified atom stereocenters. The molecule has 1 saturated carbocycles. The molecule has 2 N–H and O–H groups in total. The van der Waals surface area contributed by atoms with Gasteiger partial charge in [0.1, 0.15) is 0 Å². The van der Waals surface area contributed by atoms with Crippen LogP contribution in [0.2, 0.25) is 0 Å². The molecule has 0 aromatic carbocycles. The Morgan fingerprint density at radius 3 is 2.56 bits per heavy atom. The molecular formula is C12H21N3O. The van der Waals surface area contributed by atoms with Gasteiger partial charge >= 0.3 is 0 Å². The van der Waals surface area contributed by atoms with Gasteiger partial charge in [0.2, 0.25) is 5.88 Å². The minimum Gasteiger partial charge on any atom is -0.481 e. The first-order chi connectivity index (χ1) is 7.45. The third-order valence-corrected chi connectivity index (χ3v) is 4.02. The van der Waals surface area contributed by atoms with Crippen LogP contribution in [0.25, 0.3) is 0 Å². The number of hydrogen-bond donors (Lipinski definition) is 1. The Morgan fingerprint density at radius 1 is 1.50 bits per heavy atom. The van der Waals surface area contributed by atoms with Crippen LogP contribution in [-0.2, 0) is 7.05 Å². The fourth-order valence-electron chi connectivity index (χ4n) is 3.01. The van der Waals surface area contributed by atoms with Crippen molar-refractivity contribution in [1.29, 1.82) is 0 Å². The summed E-state index contributed by atoms with van der Waals surface area (Å²) in [4.78, 5) is 0. The van der Waals surface area contributed by atoms with Gasteiger partial charge in [-0.1, -0.05) is 13.8 Å². The zero-order chi connectivity index (χ0) is 12.1. The van der Waals surface area contributed by atoms with E-state index < -0.39 is 0 Å². The smallest absolute Gasteiger partial charge is 0.215 e. The minimum atomic E-state index is 0.274. The molecule has 0 aliphatic heterocycles. The molecule has 1 fully saturated rings. The number of methoxy groups -OCH3 is 1. The average molecular weight is 223 g/mol. The van der Waals surface area contributed by atoms with Crippen LogP contribution in [0.3, 0.4) is 0 Å². The van der Waals surface area contributed by atoms with E-state index >= 15 is 0 Å². The molecule has 1 heterocycles. The second kappa shape index (κ2) is 3.48. The van der Waals surface area contributed by atoms with Crippen LogP contribution in [0.1, 0.15) is 31.0 Å². The summed E-state index contributed by atoms with van der Waals surface area (Å²) in [5.74, 6) is 1.91.